The Balaban J connectivity index is 1.26. The Labute approximate surface area is 162 Å². The average Bonchev–Trinajstić information content (AvgIpc) is 3.12. The van der Waals surface area contributed by atoms with Gasteiger partial charge < -0.3 is 4.90 Å². The van der Waals surface area contributed by atoms with Crippen molar-refractivity contribution in [2.45, 2.75) is 61.5 Å². The van der Waals surface area contributed by atoms with Crippen LogP contribution in [-0.2, 0) is 14.6 Å². The van der Waals surface area contributed by atoms with Crippen molar-refractivity contribution in [3.8, 4) is 0 Å². The highest BCUT2D eigenvalue weighted by Crippen LogP contribution is 2.61. The van der Waals surface area contributed by atoms with Crippen LogP contribution in [0.5, 0.6) is 0 Å². The van der Waals surface area contributed by atoms with Crippen LogP contribution >= 0.6 is 0 Å². The van der Waals surface area contributed by atoms with Crippen LogP contribution in [-0.4, -0.2) is 37.6 Å². The van der Waals surface area contributed by atoms with Crippen LogP contribution in [0.25, 0.3) is 0 Å². The van der Waals surface area contributed by atoms with E-state index in [0.717, 1.165) is 17.8 Å². The topological polar surface area (TPSA) is 54.5 Å². The van der Waals surface area contributed by atoms with E-state index in [1.54, 1.807) is 24.3 Å². The second-order valence-corrected chi connectivity index (χ2v) is 11.9. The van der Waals surface area contributed by atoms with Crippen molar-refractivity contribution < 1.29 is 13.2 Å². The van der Waals surface area contributed by atoms with Crippen molar-refractivity contribution in [1.82, 2.24) is 4.90 Å². The van der Waals surface area contributed by atoms with Crippen LogP contribution in [0.1, 0.15) is 51.4 Å². The third-order valence-corrected chi connectivity index (χ3v) is 9.89. The number of nitrogens with zero attached hydrogens (tertiary/aromatic N) is 1. The monoisotopic (exact) mass is 387 g/mol. The second-order valence-electron chi connectivity index (χ2n) is 9.70. The number of rotatable bonds is 4. The fourth-order valence-electron chi connectivity index (χ4n) is 6.95. The van der Waals surface area contributed by atoms with Gasteiger partial charge in [0.15, 0.2) is 9.84 Å². The van der Waals surface area contributed by atoms with E-state index in [0.29, 0.717) is 30.8 Å². The van der Waals surface area contributed by atoms with Crippen LogP contribution in [0.2, 0.25) is 0 Å². The van der Waals surface area contributed by atoms with Gasteiger partial charge in [0.25, 0.3) is 0 Å². The van der Waals surface area contributed by atoms with E-state index in [4.69, 9.17) is 0 Å². The van der Waals surface area contributed by atoms with Crippen LogP contribution in [0.3, 0.4) is 0 Å². The zero-order valence-corrected chi connectivity index (χ0v) is 16.7. The van der Waals surface area contributed by atoms with Gasteiger partial charge in [0.05, 0.1) is 10.1 Å². The van der Waals surface area contributed by atoms with Crippen molar-refractivity contribution in [3.63, 3.8) is 0 Å². The van der Waals surface area contributed by atoms with Crippen LogP contribution < -0.4 is 0 Å². The SMILES string of the molecule is O=C(CC12CC3CC(CC(C3)C1)C2)N1CCC(S(=O)(=O)c2ccccc2)C1. The number of hydrogen-bond donors (Lipinski definition) is 0. The molecule has 27 heavy (non-hydrogen) atoms. The van der Waals surface area contributed by atoms with Crippen molar-refractivity contribution in [3.05, 3.63) is 30.3 Å². The Hall–Kier alpha value is -1.36. The Kier molecular flexibility index (Phi) is 4.15. The molecule has 1 aliphatic heterocycles. The standard InChI is InChI=1S/C22H29NO3S/c24-21(14-22-11-16-8-17(12-22)10-18(9-16)13-22)23-7-6-20(15-23)27(25,26)19-4-2-1-3-5-19/h1-5,16-18,20H,6-15H2. The lowest BCUT2D eigenvalue weighted by Crippen LogP contribution is -2.48. The van der Waals surface area contributed by atoms with Gasteiger partial charge in [-0.15, -0.1) is 0 Å². The first-order valence-corrected chi connectivity index (χ1v) is 12.0. The molecule has 0 spiro atoms. The van der Waals surface area contributed by atoms with Gasteiger partial charge in [-0.25, -0.2) is 8.42 Å². The maximum atomic E-state index is 13.1. The largest absolute Gasteiger partial charge is 0.341 e. The second kappa shape index (κ2) is 6.33. The molecule has 4 bridgehead atoms. The highest BCUT2D eigenvalue weighted by molar-refractivity contribution is 7.92. The predicted octanol–water partition coefficient (Wildman–Crippen LogP) is 3.67. The highest BCUT2D eigenvalue weighted by Gasteiger charge is 2.52. The van der Waals surface area contributed by atoms with Crippen molar-refractivity contribution >= 4 is 15.7 Å². The van der Waals surface area contributed by atoms with E-state index in [-0.39, 0.29) is 11.3 Å². The molecule has 4 aliphatic carbocycles. The molecule has 146 valence electrons. The van der Waals surface area contributed by atoms with E-state index in [1.165, 1.54) is 38.5 Å². The zero-order valence-electron chi connectivity index (χ0n) is 15.8. The number of hydrogen-bond acceptors (Lipinski definition) is 3. The third kappa shape index (κ3) is 3.12. The molecule has 1 atom stereocenters. The van der Waals surface area contributed by atoms with E-state index >= 15 is 0 Å². The lowest BCUT2D eigenvalue weighted by atomic mass is 9.49. The quantitative estimate of drug-likeness (QED) is 0.792. The Morgan fingerprint density at radius 3 is 2.19 bits per heavy atom. The number of likely N-dealkylation sites (tertiary alicyclic amines) is 1. The molecule has 0 radical (unpaired) electrons. The summed E-state index contributed by atoms with van der Waals surface area (Å²) in [5.74, 6) is 2.72. The molecule has 1 aromatic carbocycles. The minimum absolute atomic E-state index is 0.197. The van der Waals surface area contributed by atoms with E-state index in [1.807, 2.05) is 11.0 Å². The number of carbonyl (C=O) groups excluding carboxylic acids is 1. The summed E-state index contributed by atoms with van der Waals surface area (Å²) >= 11 is 0. The number of amides is 1. The lowest BCUT2D eigenvalue weighted by molar-refractivity contribution is -0.138. The Morgan fingerprint density at radius 2 is 1.59 bits per heavy atom. The molecule has 4 saturated carbocycles. The summed E-state index contributed by atoms with van der Waals surface area (Å²) in [5.41, 5.74) is 0.224. The predicted molar refractivity (Wildman–Crippen MR) is 104 cm³/mol. The highest BCUT2D eigenvalue weighted by atomic mass is 32.2. The van der Waals surface area contributed by atoms with Gasteiger partial charge >= 0.3 is 0 Å². The average molecular weight is 388 g/mol. The van der Waals surface area contributed by atoms with Gasteiger partial charge in [-0.1, -0.05) is 18.2 Å². The number of benzene rings is 1. The summed E-state index contributed by atoms with van der Waals surface area (Å²) in [7, 11) is -3.35. The van der Waals surface area contributed by atoms with Crippen molar-refractivity contribution in [1.29, 1.82) is 0 Å². The summed E-state index contributed by atoms with van der Waals surface area (Å²) in [4.78, 5) is 15.3. The van der Waals surface area contributed by atoms with Gasteiger partial charge in [0.1, 0.15) is 0 Å². The number of carbonyl (C=O) groups is 1. The molecule has 6 rings (SSSR count). The minimum atomic E-state index is -3.35. The maximum absolute atomic E-state index is 13.1. The van der Waals surface area contributed by atoms with Gasteiger partial charge in [0.2, 0.25) is 5.91 Å². The van der Waals surface area contributed by atoms with E-state index in [9.17, 15) is 13.2 Å². The van der Waals surface area contributed by atoms with Gasteiger partial charge in [-0.05, 0) is 80.2 Å². The molecule has 1 amide bonds. The summed E-state index contributed by atoms with van der Waals surface area (Å²) in [6, 6.07) is 8.68. The normalized spacial score (nSPS) is 37.7. The first kappa shape index (κ1) is 17.7. The molecule has 1 heterocycles. The lowest BCUT2D eigenvalue weighted by Gasteiger charge is -2.56. The molecule has 1 aromatic rings. The van der Waals surface area contributed by atoms with Crippen molar-refractivity contribution in [2.75, 3.05) is 13.1 Å². The molecule has 1 saturated heterocycles. The fraction of sp³-hybridized carbons (Fsp3) is 0.682. The molecular weight excluding hydrogens is 358 g/mol. The van der Waals surface area contributed by atoms with Gasteiger partial charge in [-0.3, -0.25) is 4.79 Å². The summed E-state index contributed by atoms with van der Waals surface area (Å²) < 4.78 is 25.7. The molecular formula is C22H29NO3S. The molecule has 1 unspecified atom stereocenters. The maximum Gasteiger partial charge on any atom is 0.223 e. The van der Waals surface area contributed by atoms with Crippen LogP contribution in [0.15, 0.2) is 35.2 Å². The van der Waals surface area contributed by atoms with Crippen molar-refractivity contribution in [2.24, 2.45) is 23.2 Å². The molecule has 4 nitrogen and oxygen atoms in total. The minimum Gasteiger partial charge on any atom is -0.341 e. The first-order chi connectivity index (χ1) is 12.9. The molecule has 0 aromatic heterocycles. The third-order valence-electron chi connectivity index (χ3n) is 7.70. The number of sulfone groups is 1. The zero-order chi connectivity index (χ0) is 18.6. The Morgan fingerprint density at radius 1 is 1.00 bits per heavy atom. The summed E-state index contributed by atoms with van der Waals surface area (Å²) in [5, 5.41) is -0.458. The first-order valence-electron chi connectivity index (χ1n) is 10.5. The van der Waals surface area contributed by atoms with Crippen LogP contribution in [0.4, 0.5) is 0 Å². The van der Waals surface area contributed by atoms with E-state index in [2.05, 4.69) is 0 Å². The van der Waals surface area contributed by atoms with Gasteiger partial charge in [-0.2, -0.15) is 0 Å². The smallest absolute Gasteiger partial charge is 0.223 e. The molecule has 5 aliphatic rings. The summed E-state index contributed by atoms with van der Waals surface area (Å²) in [6.45, 7) is 0.949. The summed E-state index contributed by atoms with van der Waals surface area (Å²) in [6.07, 6.45) is 9.04. The van der Waals surface area contributed by atoms with Crippen LogP contribution in [0, 0.1) is 23.2 Å². The van der Waals surface area contributed by atoms with Gasteiger partial charge in [0, 0.05) is 19.5 Å². The Bertz CT molecular complexity index is 797. The fourth-order valence-corrected chi connectivity index (χ4v) is 8.66. The van der Waals surface area contributed by atoms with E-state index < -0.39 is 15.1 Å². The molecule has 5 heteroatoms. The molecule has 5 fully saturated rings. The molecule has 0 N–H and O–H groups in total.